The van der Waals surface area contributed by atoms with E-state index in [1.165, 1.54) is 0 Å². The Kier molecular flexibility index (Phi) is 59.9. The minimum absolute atomic E-state index is 0.00713. The van der Waals surface area contributed by atoms with Crippen LogP contribution < -0.4 is 48.3 Å². The minimum atomic E-state index is -2.23. The number of aromatic nitrogens is 2. The summed E-state index contributed by atoms with van der Waals surface area (Å²) in [5.41, 5.74) is 10.4. The van der Waals surface area contributed by atoms with E-state index in [2.05, 4.69) is 143 Å². The zero-order valence-electron chi connectivity index (χ0n) is 84.1. The number of thioether (sulfide) groups is 1. The molecule has 0 bridgehead atoms. The van der Waals surface area contributed by atoms with Gasteiger partial charge in [0.05, 0.1) is 60.5 Å². The highest BCUT2D eigenvalue weighted by molar-refractivity contribution is 7.98. The predicted octanol–water partition coefficient (Wildman–Crippen LogP) is 16.4. The van der Waals surface area contributed by atoms with Gasteiger partial charge < -0.3 is 72.1 Å². The molecule has 722 valence electrons. The van der Waals surface area contributed by atoms with Crippen molar-refractivity contribution in [2.24, 2.45) is 64.9 Å². The summed E-state index contributed by atoms with van der Waals surface area (Å²) in [7, 11) is 6.52. The van der Waals surface area contributed by atoms with Crippen molar-refractivity contribution < 1.29 is 71.7 Å². The van der Waals surface area contributed by atoms with E-state index in [-0.39, 0.29) is 107 Å². The molecular formula is C97H169B2N11O15SSi2. The first kappa shape index (κ1) is 122. The number of aryl methyl sites for hydroxylation is 2. The monoisotopic (exact) mass is 1840 g/mol. The molecule has 4 aromatic rings. The second-order valence-electron chi connectivity index (χ2n) is 38.5. The first-order valence-corrected chi connectivity index (χ1v) is 53.3. The van der Waals surface area contributed by atoms with Gasteiger partial charge in [0.2, 0.25) is 51.1 Å². The number of carboxylic acid groups (broad SMARTS) is 1. The second kappa shape index (κ2) is 62.6. The molecule has 0 aliphatic heterocycles. The molecule has 13 atom stereocenters. The molecule has 3 aromatic carbocycles. The minimum Gasteiger partial charge on any atom is -0.481 e. The first-order chi connectivity index (χ1) is 59.4. The van der Waals surface area contributed by atoms with Crippen LogP contribution in [-0.4, -0.2) is 178 Å². The second-order valence-corrected chi connectivity index (χ2v) is 49.0. The van der Waals surface area contributed by atoms with Crippen molar-refractivity contribution in [3.05, 3.63) is 125 Å². The number of carboxylic acids is 1. The van der Waals surface area contributed by atoms with Gasteiger partial charge in [0.15, 0.2) is 35.0 Å². The van der Waals surface area contributed by atoms with E-state index >= 15 is 0 Å². The molecule has 1 heterocycles. The Morgan fingerprint density at radius 2 is 0.836 bits per heavy atom. The number of nitrogens with two attached hydrogens (primary N) is 1. The van der Waals surface area contributed by atoms with Gasteiger partial charge >= 0.3 is 11.9 Å². The largest absolute Gasteiger partial charge is 0.481 e. The number of amides is 8. The quantitative estimate of drug-likeness (QED) is 0.0145. The molecule has 0 aliphatic carbocycles. The molecule has 0 spiro atoms. The lowest BCUT2D eigenvalue weighted by molar-refractivity contribution is -0.151. The summed E-state index contributed by atoms with van der Waals surface area (Å²) in [6.45, 7) is 63.3. The third-order valence-electron chi connectivity index (χ3n) is 22.5. The summed E-state index contributed by atoms with van der Waals surface area (Å²) in [6.07, 6.45) is 3.19. The number of aliphatic hydroxyl groups is 1. The Bertz CT molecular complexity index is 3850. The number of rotatable bonds is 47. The number of ether oxygens (including phenoxy) is 1. The number of benzene rings is 3. The fourth-order valence-corrected chi connectivity index (χ4v) is 16.1. The van der Waals surface area contributed by atoms with Crippen LogP contribution in [0.1, 0.15) is 253 Å². The molecule has 0 fully saturated rings. The Morgan fingerprint density at radius 3 is 1.15 bits per heavy atom. The van der Waals surface area contributed by atoms with Gasteiger partial charge in [-0.2, -0.15) is 16.9 Å². The molecule has 8 amide bonds. The van der Waals surface area contributed by atoms with Crippen LogP contribution in [0, 0.1) is 73.0 Å². The normalized spacial score (nSPS) is 14.6. The van der Waals surface area contributed by atoms with E-state index in [9.17, 15) is 58.2 Å². The third-order valence-corrected chi connectivity index (χ3v) is 32.1. The van der Waals surface area contributed by atoms with E-state index < -0.39 is 100 Å². The highest BCUT2D eigenvalue weighted by Gasteiger charge is 2.44. The van der Waals surface area contributed by atoms with Gasteiger partial charge in [-0.05, 0) is 165 Å². The van der Waals surface area contributed by atoms with E-state index in [1.54, 1.807) is 30.3 Å². The molecule has 0 saturated heterocycles. The summed E-state index contributed by atoms with van der Waals surface area (Å²) in [5, 5.41) is 47.9. The lowest BCUT2D eigenvalue weighted by Gasteiger charge is -2.42. The van der Waals surface area contributed by atoms with Crippen molar-refractivity contribution in [3.8, 4) is 0 Å². The zero-order valence-corrected chi connectivity index (χ0v) is 87.0. The van der Waals surface area contributed by atoms with E-state index in [1.807, 2.05) is 207 Å². The number of nitrogens with one attached hydrogen (secondary N) is 8. The van der Waals surface area contributed by atoms with Gasteiger partial charge in [0.1, 0.15) is 12.1 Å². The molecule has 12 N–H and O–H groups in total. The van der Waals surface area contributed by atoms with Gasteiger partial charge in [-0.15, -0.1) is 0 Å². The molecule has 4 radical (unpaired) electrons. The maximum Gasteiger partial charge on any atom is 0.308 e. The molecule has 0 aliphatic rings. The Morgan fingerprint density at radius 1 is 0.484 bits per heavy atom. The maximum atomic E-state index is 13.5. The smallest absolute Gasteiger partial charge is 0.308 e. The van der Waals surface area contributed by atoms with Gasteiger partial charge in [0.25, 0.3) is 0 Å². The molecule has 128 heavy (non-hydrogen) atoms. The molecule has 0 saturated carbocycles. The Hall–Kier alpha value is -7.68. The average Bonchev–Trinajstić information content (AvgIpc) is 1.15. The third kappa shape index (κ3) is 50.1. The average molecular weight is 1840 g/mol. The van der Waals surface area contributed by atoms with Crippen LogP contribution >= 0.6 is 11.8 Å². The topological polar surface area (TPSA) is 379 Å². The van der Waals surface area contributed by atoms with Gasteiger partial charge in [-0.25, -0.2) is 4.68 Å². The Balaban J connectivity index is 0. The molecule has 31 heteroatoms. The van der Waals surface area contributed by atoms with Crippen LogP contribution in [0.2, 0.25) is 36.3 Å². The Labute approximate surface area is 780 Å². The lowest BCUT2D eigenvalue weighted by Crippen LogP contribution is -2.54. The predicted molar refractivity (Wildman–Crippen MR) is 528 cm³/mol. The van der Waals surface area contributed by atoms with Gasteiger partial charge in [-0.1, -0.05) is 264 Å². The van der Waals surface area contributed by atoms with Crippen LogP contribution in [0.15, 0.2) is 97.1 Å². The fourth-order valence-electron chi connectivity index (χ4n) is 12.8. The van der Waals surface area contributed by atoms with E-state index in [0.29, 0.717) is 75.7 Å². The molecule has 0 unspecified atom stereocenters. The van der Waals surface area contributed by atoms with Crippen LogP contribution in [-0.2, 0) is 78.3 Å². The van der Waals surface area contributed by atoms with Crippen LogP contribution in [0.5, 0.6) is 0 Å². The fraction of sp³-hybridized carbons (Fsp3) is 0.680. The number of hydrogen-bond donors (Lipinski definition) is 11. The molecule has 26 nitrogen and oxygen atoms in total. The van der Waals surface area contributed by atoms with Crippen molar-refractivity contribution in [1.82, 2.24) is 52.3 Å². The molecular weight excluding hydrogens is 1670 g/mol. The van der Waals surface area contributed by atoms with Crippen molar-refractivity contribution in [1.29, 1.82) is 0 Å². The summed E-state index contributed by atoms with van der Waals surface area (Å²) < 4.78 is 20.3. The molecule has 4 rings (SSSR count). The van der Waals surface area contributed by atoms with Crippen molar-refractivity contribution in [3.63, 3.8) is 0 Å². The first-order valence-electron chi connectivity index (χ1n) is 46.1. The lowest BCUT2D eigenvalue weighted by atomic mass is 9.91. The van der Waals surface area contributed by atoms with Crippen LogP contribution in [0.3, 0.4) is 0 Å². The summed E-state index contributed by atoms with van der Waals surface area (Å²) in [4.78, 5) is 125. The molecule has 1 aromatic heterocycles. The summed E-state index contributed by atoms with van der Waals surface area (Å²) in [6, 6.07) is 27.8. The van der Waals surface area contributed by atoms with E-state index in [4.69, 9.17) is 35.0 Å². The van der Waals surface area contributed by atoms with Crippen LogP contribution in [0.25, 0.3) is 0 Å². The zero-order chi connectivity index (χ0) is 98.9. The number of aliphatic hydroxyl groups excluding tert-OH is 1. The highest BCUT2D eigenvalue weighted by Crippen LogP contribution is 2.40. The number of hydrogen-bond acceptors (Lipinski definition) is 17. The number of carbonyl (C=O) groups is 10. The van der Waals surface area contributed by atoms with Crippen molar-refractivity contribution in [2.75, 3.05) is 12.0 Å². The van der Waals surface area contributed by atoms with Crippen LogP contribution in [0.4, 0.5) is 9.59 Å². The van der Waals surface area contributed by atoms with Crippen molar-refractivity contribution >= 4 is 103 Å². The van der Waals surface area contributed by atoms with Crippen molar-refractivity contribution in [2.45, 2.75) is 356 Å². The van der Waals surface area contributed by atoms with E-state index in [0.717, 1.165) is 28.1 Å². The maximum absolute atomic E-state index is 13.5. The number of nitrogens with zero attached hydrogens (tertiary/aromatic N) is 2. The summed E-state index contributed by atoms with van der Waals surface area (Å²) in [5.74, 6) is -4.97. The number of carbonyl (C=O) groups excluding carboxylic acids is 9. The number of aliphatic carboxylic acids is 1. The van der Waals surface area contributed by atoms with Gasteiger partial charge in [0, 0.05) is 43.1 Å². The van der Waals surface area contributed by atoms with Gasteiger partial charge in [-0.3, -0.25) is 47.9 Å². The summed E-state index contributed by atoms with van der Waals surface area (Å²) >= 11 is 1.58. The SMILES string of the molecule is CC.CC.CC(C)[C@H](N)C(=O)NCc1ccccc1.CSCC[C@H](CC(=O)OCn1nc(C)cc1C)C(=O)N[C@@H](CC(C)C)[C@@H](O)C[C@@H](C)C(=O)N[C@H](C(=O)NCc1ccccc1)C(C)C.[B]C(=O)N[C@@H](CC(C)C)[C@H](C[C@@H](C)C(=O)N[C@H](C(=O)NCc1ccccc1)C(C)C)O[Si](C)(C)C(C)(C)C.[B]C(=O)N[C@@H](CC(C)C)[C@H](C[C@@H](C)C(=O)O)O[Si](C)(C)C(C)(C)C. The standard InChI is InChI=1S/C35H55N5O6S.C29H50BN3O4Si.C17H34BNO4Si.C12H18N2O.2C2H6/c1-22(2)16-29(37-34(44)28(14-15-47-8)19-31(42)46-21-40-26(7)18-25(6)39-40)30(41)17-24(5)33(43)38-32(23(3)4)35(45)36-20-27-12-10-9-11-13-27;1-19(2)16-23(32-28(30)36)24(37-38(9,10)29(6,7)8)17-21(5)26(34)33-25(20(3)4)27(35)31-18-22-14-12-11-13-15-22;1-11(2)9-13(19-16(18)22)14(10-12(3)15(20)21)23-24(7,8)17(4,5)6;1-9(2)11(13)12(15)14-8-10-6-4-3-5-7-10;2*1-2/h9-13,18,22-24,28-30,32,41H,14-17,19-21H2,1-8H3,(H,36,45)(H,37,44)(H,38,43);11-15,19-21,23-25H,16-18H2,1-10H3,(H,31,35)(H,32,36)(H,33,34);11-14H,9-10H2,1-8H3,(H,19,22)(H,20,21);3-7,9,11H,8,13H2,1-2H3,(H,14,15);2*1-2H3/t24-,28-,29+,30+,32+;21-,23+,24+,25+;12-,13+,14+;11-;;/m1110../s1. The highest BCUT2D eigenvalue weighted by atomic mass is 32.2. The number of esters is 1.